The fourth-order valence-corrected chi connectivity index (χ4v) is 3.87. The van der Waals surface area contributed by atoms with E-state index < -0.39 is 17.7 Å². The van der Waals surface area contributed by atoms with E-state index in [0.29, 0.717) is 6.54 Å². The Labute approximate surface area is 148 Å². The van der Waals surface area contributed by atoms with Crippen molar-refractivity contribution >= 4 is 5.91 Å². The summed E-state index contributed by atoms with van der Waals surface area (Å²) in [6, 6.07) is 13.3. The van der Waals surface area contributed by atoms with E-state index in [0.717, 1.165) is 28.9 Å². The molecule has 1 amide bonds. The van der Waals surface area contributed by atoms with Crippen LogP contribution in [-0.4, -0.2) is 27.6 Å². The van der Waals surface area contributed by atoms with Gasteiger partial charge in [-0.25, -0.2) is 0 Å². The van der Waals surface area contributed by atoms with E-state index >= 15 is 0 Å². The molecule has 4 rings (SSSR count). The van der Waals surface area contributed by atoms with E-state index in [-0.39, 0.29) is 5.91 Å². The fraction of sp³-hybridized carbons (Fsp3) is 0.381. The molecule has 130 valence electrons. The molecule has 2 aromatic carbocycles. The molecule has 0 spiro atoms. The van der Waals surface area contributed by atoms with Crippen molar-refractivity contribution in [1.82, 2.24) is 4.90 Å². The van der Waals surface area contributed by atoms with Gasteiger partial charge in [-0.2, -0.15) is 0 Å². The Hall–Kier alpha value is -2.33. The standard InChI is InChI=1S/C21H23NO3/c1-4-13-9-10-16-17(11-13)25-21(2,3)19(23)18(16)22-12-14-7-5-6-8-15(14)20(22)24/h5-11,18-19,23H,4,12H2,1-3H3/t18?,19-/m0/s1. The molecule has 2 aliphatic rings. The number of amides is 1. The van der Waals surface area contributed by atoms with E-state index in [1.54, 1.807) is 4.90 Å². The van der Waals surface area contributed by atoms with Gasteiger partial charge >= 0.3 is 0 Å². The van der Waals surface area contributed by atoms with Gasteiger partial charge in [0.1, 0.15) is 17.5 Å². The van der Waals surface area contributed by atoms with Crippen LogP contribution in [0.2, 0.25) is 0 Å². The monoisotopic (exact) mass is 337 g/mol. The molecule has 0 radical (unpaired) electrons. The number of carbonyl (C=O) groups excluding carboxylic acids is 1. The number of fused-ring (bicyclic) bond motifs is 2. The van der Waals surface area contributed by atoms with Gasteiger partial charge in [-0.3, -0.25) is 4.79 Å². The number of nitrogens with zero attached hydrogens (tertiary/aromatic N) is 1. The maximum atomic E-state index is 13.0. The number of carbonyl (C=O) groups is 1. The summed E-state index contributed by atoms with van der Waals surface area (Å²) in [5, 5.41) is 11.0. The first-order chi connectivity index (χ1) is 11.9. The average Bonchev–Trinajstić information content (AvgIpc) is 2.92. The van der Waals surface area contributed by atoms with Crippen LogP contribution in [0.5, 0.6) is 5.75 Å². The van der Waals surface area contributed by atoms with Crippen molar-refractivity contribution in [3.63, 3.8) is 0 Å². The van der Waals surface area contributed by atoms with Gasteiger partial charge in [0.25, 0.3) is 5.91 Å². The molecule has 0 aliphatic carbocycles. The summed E-state index contributed by atoms with van der Waals surface area (Å²) in [5.41, 5.74) is 3.03. The predicted molar refractivity (Wildman–Crippen MR) is 95.6 cm³/mol. The maximum absolute atomic E-state index is 13.0. The Morgan fingerprint density at radius 1 is 1.24 bits per heavy atom. The minimum Gasteiger partial charge on any atom is -0.485 e. The molecule has 0 saturated heterocycles. The van der Waals surface area contributed by atoms with Crippen LogP contribution in [0.15, 0.2) is 42.5 Å². The molecule has 2 aliphatic heterocycles. The van der Waals surface area contributed by atoms with Crippen molar-refractivity contribution in [3.8, 4) is 5.75 Å². The van der Waals surface area contributed by atoms with Crippen LogP contribution in [0.25, 0.3) is 0 Å². The molecule has 0 fully saturated rings. The zero-order valence-corrected chi connectivity index (χ0v) is 14.8. The summed E-state index contributed by atoms with van der Waals surface area (Å²) in [7, 11) is 0. The third-order valence-corrected chi connectivity index (χ3v) is 5.37. The zero-order chi connectivity index (χ0) is 17.8. The second-order valence-corrected chi connectivity index (χ2v) is 7.41. The SMILES string of the molecule is CCc1ccc2c(c1)OC(C)(C)[C@@H](O)C2N1Cc2ccccc2C1=O. The Morgan fingerprint density at radius 3 is 2.72 bits per heavy atom. The first-order valence-corrected chi connectivity index (χ1v) is 8.81. The summed E-state index contributed by atoms with van der Waals surface area (Å²) >= 11 is 0. The van der Waals surface area contributed by atoms with E-state index in [4.69, 9.17) is 4.74 Å². The largest absolute Gasteiger partial charge is 0.485 e. The highest BCUT2D eigenvalue weighted by Crippen LogP contribution is 2.45. The summed E-state index contributed by atoms with van der Waals surface area (Å²) in [6.45, 7) is 6.37. The van der Waals surface area contributed by atoms with Gasteiger partial charge in [0.05, 0.1) is 6.04 Å². The quantitative estimate of drug-likeness (QED) is 0.913. The number of aryl methyl sites for hydroxylation is 1. The number of ether oxygens (including phenoxy) is 1. The molecule has 1 N–H and O–H groups in total. The van der Waals surface area contributed by atoms with Gasteiger partial charge in [0.15, 0.2) is 0 Å². The van der Waals surface area contributed by atoms with E-state index in [2.05, 4.69) is 6.92 Å². The highest BCUT2D eigenvalue weighted by Gasteiger charge is 2.48. The first kappa shape index (κ1) is 16.2. The lowest BCUT2D eigenvalue weighted by atomic mass is 9.85. The minimum atomic E-state index is -0.800. The number of rotatable bonds is 2. The van der Waals surface area contributed by atoms with Gasteiger partial charge in [-0.15, -0.1) is 0 Å². The lowest BCUT2D eigenvalue weighted by Gasteiger charge is -2.45. The molecule has 4 nitrogen and oxygen atoms in total. The van der Waals surface area contributed by atoms with Crippen LogP contribution in [0.1, 0.15) is 53.9 Å². The van der Waals surface area contributed by atoms with Crippen LogP contribution in [0.4, 0.5) is 0 Å². The van der Waals surface area contributed by atoms with E-state index in [9.17, 15) is 9.90 Å². The Bertz CT molecular complexity index is 843. The van der Waals surface area contributed by atoms with Crippen molar-refractivity contribution in [2.75, 3.05) is 0 Å². The Balaban J connectivity index is 1.81. The normalized spacial score (nSPS) is 23.8. The maximum Gasteiger partial charge on any atom is 0.255 e. The van der Waals surface area contributed by atoms with Crippen molar-refractivity contribution in [1.29, 1.82) is 0 Å². The van der Waals surface area contributed by atoms with E-state index in [1.165, 1.54) is 5.56 Å². The molecule has 4 heteroatoms. The highest BCUT2D eigenvalue weighted by molar-refractivity contribution is 5.98. The lowest BCUT2D eigenvalue weighted by molar-refractivity contribution is -0.0868. The zero-order valence-electron chi connectivity index (χ0n) is 14.8. The van der Waals surface area contributed by atoms with E-state index in [1.807, 2.05) is 56.3 Å². The van der Waals surface area contributed by atoms with Crippen LogP contribution in [0, 0.1) is 0 Å². The molecule has 0 saturated carbocycles. The summed E-state index contributed by atoms with van der Waals surface area (Å²) in [5.74, 6) is 0.742. The molecular weight excluding hydrogens is 314 g/mol. The molecular formula is C21H23NO3. The topological polar surface area (TPSA) is 49.8 Å². The average molecular weight is 337 g/mol. The molecule has 2 heterocycles. The third-order valence-electron chi connectivity index (χ3n) is 5.37. The van der Waals surface area contributed by atoms with Crippen LogP contribution in [-0.2, 0) is 13.0 Å². The van der Waals surface area contributed by atoms with Crippen molar-refractivity contribution in [2.24, 2.45) is 0 Å². The van der Waals surface area contributed by atoms with Crippen molar-refractivity contribution in [2.45, 2.75) is 51.5 Å². The number of hydrogen-bond donors (Lipinski definition) is 1. The minimum absolute atomic E-state index is 0.0251. The summed E-state index contributed by atoms with van der Waals surface area (Å²) < 4.78 is 6.09. The summed E-state index contributed by atoms with van der Waals surface area (Å²) in [4.78, 5) is 14.7. The van der Waals surface area contributed by atoms with Gasteiger partial charge in [-0.1, -0.05) is 37.3 Å². The lowest BCUT2D eigenvalue weighted by Crippen LogP contribution is -2.53. The number of aliphatic hydroxyl groups excluding tert-OH is 1. The highest BCUT2D eigenvalue weighted by atomic mass is 16.5. The first-order valence-electron chi connectivity index (χ1n) is 8.81. The van der Waals surface area contributed by atoms with Gasteiger partial charge < -0.3 is 14.7 Å². The van der Waals surface area contributed by atoms with Gasteiger partial charge in [0.2, 0.25) is 0 Å². The molecule has 1 unspecified atom stereocenters. The number of hydrogen-bond acceptors (Lipinski definition) is 3. The van der Waals surface area contributed by atoms with Gasteiger partial charge in [-0.05, 0) is 43.5 Å². The molecule has 2 atom stereocenters. The molecule has 0 aromatic heterocycles. The van der Waals surface area contributed by atoms with Crippen LogP contribution in [0.3, 0.4) is 0 Å². The van der Waals surface area contributed by atoms with Crippen molar-refractivity contribution < 1.29 is 14.6 Å². The molecule has 2 aromatic rings. The number of benzene rings is 2. The molecule has 0 bridgehead atoms. The van der Waals surface area contributed by atoms with Crippen molar-refractivity contribution in [3.05, 3.63) is 64.7 Å². The van der Waals surface area contributed by atoms with Crippen LogP contribution < -0.4 is 4.74 Å². The smallest absolute Gasteiger partial charge is 0.255 e. The summed E-state index contributed by atoms with van der Waals surface area (Å²) in [6.07, 6.45) is 0.115. The second-order valence-electron chi connectivity index (χ2n) is 7.41. The Morgan fingerprint density at radius 2 is 2.00 bits per heavy atom. The van der Waals surface area contributed by atoms with Gasteiger partial charge in [0, 0.05) is 17.7 Å². The number of aliphatic hydroxyl groups is 1. The Kier molecular flexibility index (Phi) is 3.62. The molecule has 25 heavy (non-hydrogen) atoms. The third kappa shape index (κ3) is 2.44. The predicted octanol–water partition coefficient (Wildman–Crippen LogP) is 3.48. The second kappa shape index (κ2) is 5.60. The fourth-order valence-electron chi connectivity index (χ4n) is 3.87. The van der Waals surface area contributed by atoms with Crippen LogP contribution >= 0.6 is 0 Å².